The van der Waals surface area contributed by atoms with Crippen molar-refractivity contribution in [3.8, 4) is 5.75 Å². The van der Waals surface area contributed by atoms with Crippen LogP contribution in [0.3, 0.4) is 0 Å². The van der Waals surface area contributed by atoms with Crippen LogP contribution >= 0.6 is 0 Å². The lowest BCUT2D eigenvalue weighted by Crippen LogP contribution is -2.08. The molecule has 0 saturated carbocycles. The Morgan fingerprint density at radius 2 is 1.77 bits per heavy atom. The summed E-state index contributed by atoms with van der Waals surface area (Å²) in [6.45, 7) is 0.458. The van der Waals surface area contributed by atoms with Gasteiger partial charge in [0.05, 0.1) is 5.69 Å². The largest absolute Gasteiger partial charge is 0.506 e. The summed E-state index contributed by atoms with van der Waals surface area (Å²) in [4.78, 5) is 11.7. The van der Waals surface area contributed by atoms with Gasteiger partial charge in [0.1, 0.15) is 5.75 Å². The zero-order chi connectivity index (χ0) is 15.9. The topological polar surface area (TPSA) is 113 Å². The van der Waals surface area contributed by atoms with E-state index in [-0.39, 0.29) is 11.7 Å². The Balaban J connectivity index is 1.80. The maximum absolute atomic E-state index is 11.7. The van der Waals surface area contributed by atoms with Crippen molar-refractivity contribution < 1.29 is 9.90 Å². The molecular weight excluding hydrogens is 280 g/mol. The van der Waals surface area contributed by atoms with Gasteiger partial charge in [-0.15, -0.1) is 0 Å². The number of rotatable bonds is 5. The van der Waals surface area contributed by atoms with Crippen LogP contribution in [0.25, 0.3) is 0 Å². The first-order chi connectivity index (χ1) is 10.5. The molecule has 22 heavy (non-hydrogen) atoms. The van der Waals surface area contributed by atoms with E-state index in [4.69, 9.17) is 11.5 Å². The predicted octanol–water partition coefficient (Wildman–Crippen LogP) is 2.16. The third kappa shape index (κ3) is 4.45. The van der Waals surface area contributed by atoms with Crippen molar-refractivity contribution >= 4 is 28.7 Å². The van der Waals surface area contributed by atoms with Crippen LogP contribution in [0.15, 0.2) is 54.6 Å². The van der Waals surface area contributed by atoms with E-state index in [1.807, 2.05) is 0 Å². The molecule has 2 aromatic rings. The Morgan fingerprint density at radius 1 is 1.09 bits per heavy atom. The molecule has 0 spiro atoms. The number of carbonyl (C=O) groups excluding carboxylic acids is 1. The number of hydrogen-bond donors (Lipinski definition) is 5. The monoisotopic (exact) mass is 298 g/mol. The minimum absolute atomic E-state index is 0.0453. The van der Waals surface area contributed by atoms with E-state index in [1.165, 1.54) is 12.1 Å². The van der Waals surface area contributed by atoms with Crippen molar-refractivity contribution in [2.24, 2.45) is 0 Å². The SMILES string of the molecule is Nc1ccc(NC(=O)/C=C\CNc2ccc(O)c(N)c2)cc1. The molecule has 7 N–H and O–H groups in total. The van der Waals surface area contributed by atoms with Gasteiger partial charge in [0.25, 0.3) is 0 Å². The van der Waals surface area contributed by atoms with E-state index in [9.17, 15) is 9.90 Å². The number of hydrogen-bond acceptors (Lipinski definition) is 5. The smallest absolute Gasteiger partial charge is 0.248 e. The van der Waals surface area contributed by atoms with E-state index in [2.05, 4.69) is 10.6 Å². The van der Waals surface area contributed by atoms with Crippen LogP contribution in [-0.2, 0) is 4.79 Å². The van der Waals surface area contributed by atoms with E-state index in [0.717, 1.165) is 5.69 Å². The summed E-state index contributed by atoms with van der Waals surface area (Å²) in [5.74, 6) is -0.180. The van der Waals surface area contributed by atoms with Gasteiger partial charge in [0.2, 0.25) is 5.91 Å². The van der Waals surface area contributed by atoms with Gasteiger partial charge in [-0.05, 0) is 42.5 Å². The van der Waals surface area contributed by atoms with E-state index >= 15 is 0 Å². The molecule has 0 heterocycles. The fraction of sp³-hybridized carbons (Fsp3) is 0.0625. The summed E-state index contributed by atoms with van der Waals surface area (Å²) in [5.41, 5.74) is 13.6. The lowest BCUT2D eigenvalue weighted by atomic mass is 10.2. The predicted molar refractivity (Wildman–Crippen MR) is 89.6 cm³/mol. The minimum Gasteiger partial charge on any atom is -0.506 e. The molecule has 0 aliphatic rings. The summed E-state index contributed by atoms with van der Waals surface area (Å²) in [5, 5.41) is 15.1. The van der Waals surface area contributed by atoms with Gasteiger partial charge in [-0.25, -0.2) is 0 Å². The molecule has 0 aromatic heterocycles. The van der Waals surface area contributed by atoms with Gasteiger partial charge < -0.3 is 27.2 Å². The van der Waals surface area contributed by atoms with Crippen molar-refractivity contribution in [2.75, 3.05) is 28.6 Å². The molecule has 0 aliphatic heterocycles. The van der Waals surface area contributed by atoms with Crippen LogP contribution in [0, 0.1) is 0 Å². The summed E-state index contributed by atoms with van der Waals surface area (Å²) in [6.07, 6.45) is 3.13. The molecule has 1 amide bonds. The number of anilines is 4. The molecule has 114 valence electrons. The molecule has 2 aromatic carbocycles. The molecule has 0 bridgehead atoms. The quantitative estimate of drug-likeness (QED) is 0.251. The summed E-state index contributed by atoms with van der Waals surface area (Å²) >= 11 is 0. The molecule has 6 heteroatoms. The number of benzene rings is 2. The molecule has 0 aliphatic carbocycles. The maximum atomic E-state index is 11.7. The Kier molecular flexibility index (Phi) is 4.87. The molecule has 0 saturated heterocycles. The fourth-order valence-corrected chi connectivity index (χ4v) is 1.76. The number of nitrogens with two attached hydrogens (primary N) is 2. The highest BCUT2D eigenvalue weighted by atomic mass is 16.3. The van der Waals surface area contributed by atoms with Gasteiger partial charge in [0.15, 0.2) is 0 Å². The second-order valence-corrected chi connectivity index (χ2v) is 4.67. The number of phenolic OH excluding ortho intramolecular Hbond substituents is 1. The second-order valence-electron chi connectivity index (χ2n) is 4.67. The highest BCUT2D eigenvalue weighted by Gasteiger charge is 1.98. The van der Waals surface area contributed by atoms with Crippen molar-refractivity contribution in [2.45, 2.75) is 0 Å². The number of nitrogen functional groups attached to an aromatic ring is 2. The van der Waals surface area contributed by atoms with Crippen LogP contribution in [0.2, 0.25) is 0 Å². The molecule has 0 unspecified atom stereocenters. The highest BCUT2D eigenvalue weighted by Crippen LogP contribution is 2.23. The minimum atomic E-state index is -0.225. The van der Waals surface area contributed by atoms with Gasteiger partial charge in [-0.2, -0.15) is 0 Å². The standard InChI is InChI=1S/C16H18N4O2/c17-11-3-5-12(6-4-11)20-16(22)2-1-9-19-13-7-8-15(21)14(18)10-13/h1-8,10,19,21H,9,17-18H2,(H,20,22)/b2-1-. The van der Waals surface area contributed by atoms with E-state index in [1.54, 1.807) is 42.5 Å². The summed E-state index contributed by atoms with van der Waals surface area (Å²) in [7, 11) is 0. The Labute approximate surface area is 128 Å². The summed E-state index contributed by atoms with van der Waals surface area (Å²) < 4.78 is 0. The molecular formula is C16H18N4O2. The number of aromatic hydroxyl groups is 1. The van der Waals surface area contributed by atoms with Crippen molar-refractivity contribution in [3.63, 3.8) is 0 Å². The first-order valence-electron chi connectivity index (χ1n) is 6.70. The van der Waals surface area contributed by atoms with Crippen molar-refractivity contribution in [1.29, 1.82) is 0 Å². The van der Waals surface area contributed by atoms with Gasteiger partial charge >= 0.3 is 0 Å². The Bertz CT molecular complexity index is 681. The average molecular weight is 298 g/mol. The Hall–Kier alpha value is -3.15. The first kappa shape index (κ1) is 15.2. The number of amides is 1. The zero-order valence-corrected chi connectivity index (χ0v) is 11.9. The van der Waals surface area contributed by atoms with Gasteiger partial charge in [-0.3, -0.25) is 4.79 Å². The molecule has 0 atom stereocenters. The number of carbonyl (C=O) groups is 1. The third-order valence-electron chi connectivity index (χ3n) is 2.90. The van der Waals surface area contributed by atoms with E-state index in [0.29, 0.717) is 23.6 Å². The first-order valence-corrected chi connectivity index (χ1v) is 6.70. The van der Waals surface area contributed by atoms with Crippen LogP contribution < -0.4 is 22.1 Å². The zero-order valence-electron chi connectivity index (χ0n) is 11.9. The fourth-order valence-electron chi connectivity index (χ4n) is 1.76. The van der Waals surface area contributed by atoms with Crippen LogP contribution in [0.4, 0.5) is 22.7 Å². The maximum Gasteiger partial charge on any atom is 0.248 e. The van der Waals surface area contributed by atoms with Crippen molar-refractivity contribution in [3.05, 3.63) is 54.6 Å². The highest BCUT2D eigenvalue weighted by molar-refractivity contribution is 5.99. The van der Waals surface area contributed by atoms with Crippen LogP contribution in [0.1, 0.15) is 0 Å². The van der Waals surface area contributed by atoms with Gasteiger partial charge in [-0.1, -0.05) is 6.08 Å². The molecule has 0 radical (unpaired) electrons. The number of nitrogens with one attached hydrogen (secondary N) is 2. The number of phenols is 1. The van der Waals surface area contributed by atoms with Crippen LogP contribution in [0.5, 0.6) is 5.75 Å². The molecule has 2 rings (SSSR count). The average Bonchev–Trinajstić information content (AvgIpc) is 2.49. The van der Waals surface area contributed by atoms with E-state index < -0.39 is 0 Å². The Morgan fingerprint density at radius 3 is 2.45 bits per heavy atom. The normalized spacial score (nSPS) is 10.5. The molecule has 6 nitrogen and oxygen atoms in total. The van der Waals surface area contributed by atoms with Gasteiger partial charge in [0, 0.05) is 29.7 Å². The molecule has 0 fully saturated rings. The summed E-state index contributed by atoms with van der Waals surface area (Å²) in [6, 6.07) is 11.7. The third-order valence-corrected chi connectivity index (χ3v) is 2.90. The lowest BCUT2D eigenvalue weighted by Gasteiger charge is -2.05. The van der Waals surface area contributed by atoms with Crippen LogP contribution in [-0.4, -0.2) is 17.6 Å². The van der Waals surface area contributed by atoms with Crippen molar-refractivity contribution in [1.82, 2.24) is 0 Å². The lowest BCUT2D eigenvalue weighted by molar-refractivity contribution is -0.111. The second kappa shape index (κ2) is 7.03.